The van der Waals surface area contributed by atoms with Crippen LogP contribution >= 0.6 is 0 Å². The standard InChI is InChI=1S/C13H16N4O2S/c1-10-2-3-12(8-15-10)9-17-20(18,19)13-5-4-11(6-14)7-16-13/h2-5,7-8,17H,6,9,14H2,1H3. The lowest BCUT2D eigenvalue weighted by Crippen LogP contribution is -2.24. The minimum Gasteiger partial charge on any atom is -0.326 e. The monoisotopic (exact) mass is 292 g/mol. The van der Waals surface area contributed by atoms with E-state index in [0.717, 1.165) is 16.8 Å². The molecule has 0 aliphatic carbocycles. The second-order valence-electron chi connectivity index (χ2n) is 4.34. The maximum absolute atomic E-state index is 12.0. The van der Waals surface area contributed by atoms with Crippen molar-refractivity contribution < 1.29 is 8.42 Å². The van der Waals surface area contributed by atoms with Crippen LogP contribution in [0.4, 0.5) is 0 Å². The average Bonchev–Trinajstić information content (AvgIpc) is 2.47. The number of nitrogens with zero attached hydrogens (tertiary/aromatic N) is 2. The molecule has 0 unspecified atom stereocenters. The first-order valence-electron chi connectivity index (χ1n) is 6.07. The third-order valence-corrected chi connectivity index (χ3v) is 4.06. The molecule has 3 N–H and O–H groups in total. The predicted molar refractivity (Wildman–Crippen MR) is 75.1 cm³/mol. The minimum absolute atomic E-state index is 0.0187. The van der Waals surface area contributed by atoms with Gasteiger partial charge < -0.3 is 5.73 Å². The third-order valence-electron chi connectivity index (χ3n) is 2.75. The summed E-state index contributed by atoms with van der Waals surface area (Å²) < 4.78 is 26.6. The Balaban J connectivity index is 2.08. The fourth-order valence-electron chi connectivity index (χ4n) is 1.55. The lowest BCUT2D eigenvalue weighted by atomic mass is 10.2. The van der Waals surface area contributed by atoms with E-state index in [0.29, 0.717) is 6.54 Å². The van der Waals surface area contributed by atoms with Crippen LogP contribution in [0.15, 0.2) is 41.7 Å². The van der Waals surface area contributed by atoms with Gasteiger partial charge in [-0.05, 0) is 30.2 Å². The van der Waals surface area contributed by atoms with Gasteiger partial charge in [-0.25, -0.2) is 18.1 Å². The molecule has 0 saturated heterocycles. The highest BCUT2D eigenvalue weighted by Crippen LogP contribution is 2.07. The molecule has 0 fully saturated rings. The predicted octanol–water partition coefficient (Wildman–Crippen LogP) is 0.722. The molecule has 2 heterocycles. The van der Waals surface area contributed by atoms with Crippen LogP contribution < -0.4 is 10.5 Å². The van der Waals surface area contributed by atoms with Crippen molar-refractivity contribution in [3.63, 3.8) is 0 Å². The molecular formula is C13H16N4O2S. The summed E-state index contributed by atoms with van der Waals surface area (Å²) in [7, 11) is -3.62. The van der Waals surface area contributed by atoms with Gasteiger partial charge in [-0.15, -0.1) is 0 Å². The lowest BCUT2D eigenvalue weighted by Gasteiger charge is -2.06. The van der Waals surface area contributed by atoms with Crippen molar-refractivity contribution in [1.29, 1.82) is 0 Å². The number of hydrogen-bond donors (Lipinski definition) is 2. The SMILES string of the molecule is Cc1ccc(CNS(=O)(=O)c2ccc(CN)cn2)cn1. The molecular weight excluding hydrogens is 276 g/mol. The van der Waals surface area contributed by atoms with Crippen LogP contribution in [-0.4, -0.2) is 18.4 Å². The maximum atomic E-state index is 12.0. The molecule has 0 saturated carbocycles. The molecule has 0 aliphatic heterocycles. The van der Waals surface area contributed by atoms with Crippen LogP contribution in [0, 0.1) is 6.92 Å². The molecule has 0 radical (unpaired) electrons. The molecule has 0 amide bonds. The first kappa shape index (κ1) is 14.6. The number of nitrogens with two attached hydrogens (primary N) is 1. The molecule has 6 nitrogen and oxygen atoms in total. The number of sulfonamides is 1. The Morgan fingerprint density at radius 3 is 2.35 bits per heavy atom. The molecule has 2 rings (SSSR count). The molecule has 0 atom stereocenters. The largest absolute Gasteiger partial charge is 0.326 e. The Morgan fingerprint density at radius 2 is 1.80 bits per heavy atom. The van der Waals surface area contributed by atoms with E-state index in [2.05, 4.69) is 14.7 Å². The quantitative estimate of drug-likeness (QED) is 0.846. The van der Waals surface area contributed by atoms with E-state index in [1.807, 2.05) is 19.1 Å². The van der Waals surface area contributed by atoms with Crippen molar-refractivity contribution in [2.75, 3.05) is 0 Å². The van der Waals surface area contributed by atoms with E-state index in [-0.39, 0.29) is 11.6 Å². The Hall–Kier alpha value is -1.83. The summed E-state index contributed by atoms with van der Waals surface area (Å²) >= 11 is 0. The summed E-state index contributed by atoms with van der Waals surface area (Å²) in [6.45, 7) is 2.38. The summed E-state index contributed by atoms with van der Waals surface area (Å²) in [5, 5.41) is -0.0187. The second kappa shape index (κ2) is 6.08. The highest BCUT2D eigenvalue weighted by Gasteiger charge is 2.15. The normalized spacial score (nSPS) is 11.5. The smallest absolute Gasteiger partial charge is 0.258 e. The van der Waals surface area contributed by atoms with Gasteiger partial charge in [0.25, 0.3) is 10.0 Å². The van der Waals surface area contributed by atoms with Crippen LogP contribution in [-0.2, 0) is 23.1 Å². The fraction of sp³-hybridized carbons (Fsp3) is 0.231. The van der Waals surface area contributed by atoms with Gasteiger partial charge in [-0.1, -0.05) is 12.1 Å². The van der Waals surface area contributed by atoms with Crippen LogP contribution in [0.1, 0.15) is 16.8 Å². The Kier molecular flexibility index (Phi) is 4.43. The van der Waals surface area contributed by atoms with Crippen molar-refractivity contribution in [2.24, 2.45) is 5.73 Å². The van der Waals surface area contributed by atoms with Crippen LogP contribution in [0.3, 0.4) is 0 Å². The highest BCUT2D eigenvalue weighted by molar-refractivity contribution is 7.89. The van der Waals surface area contributed by atoms with Crippen LogP contribution in [0.25, 0.3) is 0 Å². The fourth-order valence-corrected chi connectivity index (χ4v) is 2.49. The van der Waals surface area contributed by atoms with E-state index in [1.54, 1.807) is 12.3 Å². The van der Waals surface area contributed by atoms with Crippen molar-refractivity contribution >= 4 is 10.0 Å². The van der Waals surface area contributed by atoms with E-state index in [9.17, 15) is 8.42 Å². The number of aromatic nitrogens is 2. The van der Waals surface area contributed by atoms with Gasteiger partial charge >= 0.3 is 0 Å². The number of nitrogens with one attached hydrogen (secondary N) is 1. The molecule has 2 aromatic rings. The van der Waals surface area contributed by atoms with E-state index < -0.39 is 10.0 Å². The Labute approximate surface area is 118 Å². The van der Waals surface area contributed by atoms with E-state index >= 15 is 0 Å². The number of aryl methyl sites for hydroxylation is 1. The van der Waals surface area contributed by atoms with Crippen molar-refractivity contribution in [1.82, 2.24) is 14.7 Å². The van der Waals surface area contributed by atoms with Gasteiger partial charge in [0, 0.05) is 31.2 Å². The summed E-state index contributed by atoms with van der Waals surface area (Å²) in [5.41, 5.74) is 7.90. The summed E-state index contributed by atoms with van der Waals surface area (Å²) in [6.07, 6.45) is 3.10. The number of rotatable bonds is 5. The molecule has 0 aliphatic rings. The van der Waals surface area contributed by atoms with Crippen molar-refractivity contribution in [3.8, 4) is 0 Å². The maximum Gasteiger partial charge on any atom is 0.258 e. The average molecular weight is 292 g/mol. The molecule has 0 bridgehead atoms. The lowest BCUT2D eigenvalue weighted by molar-refractivity contribution is 0.577. The third kappa shape index (κ3) is 3.60. The zero-order valence-corrected chi connectivity index (χ0v) is 11.9. The topological polar surface area (TPSA) is 98.0 Å². The zero-order chi connectivity index (χ0) is 14.6. The van der Waals surface area contributed by atoms with Crippen molar-refractivity contribution in [3.05, 3.63) is 53.5 Å². The molecule has 7 heteroatoms. The molecule has 0 aromatic carbocycles. The summed E-state index contributed by atoms with van der Waals surface area (Å²) in [5.74, 6) is 0. The summed E-state index contributed by atoms with van der Waals surface area (Å²) in [4.78, 5) is 8.01. The zero-order valence-electron chi connectivity index (χ0n) is 11.1. The van der Waals surface area contributed by atoms with Gasteiger partial charge in [0.05, 0.1) is 0 Å². The van der Waals surface area contributed by atoms with Gasteiger partial charge in [-0.2, -0.15) is 0 Å². The minimum atomic E-state index is -3.62. The first-order valence-corrected chi connectivity index (χ1v) is 7.56. The van der Waals surface area contributed by atoms with Crippen LogP contribution in [0.2, 0.25) is 0 Å². The Morgan fingerprint density at radius 1 is 1.10 bits per heavy atom. The highest BCUT2D eigenvalue weighted by atomic mass is 32.2. The van der Waals surface area contributed by atoms with E-state index in [4.69, 9.17) is 5.73 Å². The van der Waals surface area contributed by atoms with E-state index in [1.165, 1.54) is 12.3 Å². The number of hydrogen-bond acceptors (Lipinski definition) is 5. The molecule has 106 valence electrons. The Bertz CT molecular complexity index is 667. The molecule has 2 aromatic heterocycles. The van der Waals surface area contributed by atoms with Gasteiger partial charge in [0.15, 0.2) is 5.03 Å². The number of pyridine rings is 2. The van der Waals surface area contributed by atoms with Gasteiger partial charge in [0.1, 0.15) is 0 Å². The van der Waals surface area contributed by atoms with Gasteiger partial charge in [0.2, 0.25) is 0 Å². The first-order chi connectivity index (χ1) is 9.51. The van der Waals surface area contributed by atoms with Gasteiger partial charge in [-0.3, -0.25) is 4.98 Å². The molecule has 0 spiro atoms. The van der Waals surface area contributed by atoms with Crippen molar-refractivity contribution in [2.45, 2.75) is 25.0 Å². The molecule has 20 heavy (non-hydrogen) atoms. The summed E-state index contributed by atoms with van der Waals surface area (Å²) in [6, 6.07) is 6.75. The van der Waals surface area contributed by atoms with Crippen LogP contribution in [0.5, 0.6) is 0 Å². The second-order valence-corrected chi connectivity index (χ2v) is 6.06.